The molecular weight excluding hydrogens is 266 g/mol. The van der Waals surface area contributed by atoms with Gasteiger partial charge in [-0.05, 0) is 51.2 Å². The first-order chi connectivity index (χ1) is 9.72. The second-order valence-electron chi connectivity index (χ2n) is 5.89. The minimum atomic E-state index is 0.528. The molecule has 2 aromatic rings. The second-order valence-corrected chi connectivity index (χ2v) is 7.01. The van der Waals surface area contributed by atoms with Gasteiger partial charge in [-0.2, -0.15) is 0 Å². The van der Waals surface area contributed by atoms with Crippen molar-refractivity contribution < 1.29 is 0 Å². The number of hydrogen-bond donors (Lipinski definition) is 1. The van der Waals surface area contributed by atoms with Gasteiger partial charge in [-0.3, -0.25) is 0 Å². The first kappa shape index (κ1) is 14.0. The molecule has 1 atom stereocenters. The van der Waals surface area contributed by atoms with Crippen molar-refractivity contribution >= 4 is 21.6 Å². The van der Waals surface area contributed by atoms with E-state index in [0.717, 1.165) is 19.5 Å². The molecule has 3 rings (SSSR count). The molecule has 0 aliphatic carbocycles. The van der Waals surface area contributed by atoms with Crippen LogP contribution in [0.25, 0.3) is 10.2 Å². The molecule has 2 heterocycles. The maximum absolute atomic E-state index is 4.80. The molecule has 1 saturated heterocycles. The number of nitrogens with one attached hydrogen (secondary N) is 1. The van der Waals surface area contributed by atoms with Gasteiger partial charge in [0.25, 0.3) is 0 Å². The Morgan fingerprint density at radius 1 is 1.35 bits per heavy atom. The molecule has 1 aliphatic heterocycles. The lowest BCUT2D eigenvalue weighted by Crippen LogP contribution is -2.26. The summed E-state index contributed by atoms with van der Waals surface area (Å²) in [6.45, 7) is 2.21. The van der Waals surface area contributed by atoms with Crippen LogP contribution in [0.3, 0.4) is 0 Å². The summed E-state index contributed by atoms with van der Waals surface area (Å²) >= 11 is 1.84. The van der Waals surface area contributed by atoms with E-state index >= 15 is 0 Å². The van der Waals surface area contributed by atoms with Crippen LogP contribution in [0.1, 0.15) is 35.9 Å². The molecule has 0 spiro atoms. The van der Waals surface area contributed by atoms with Crippen LogP contribution in [-0.2, 0) is 6.42 Å². The minimum absolute atomic E-state index is 0.528. The Balaban J connectivity index is 1.79. The highest BCUT2D eigenvalue weighted by Crippen LogP contribution is 2.28. The standard InChI is InChI=1S/C16H23N3S/c1-19(2)10-8-16-18-14-11-12(6-7-15(14)20-16)13-5-3-4-9-17-13/h6-7,11,13,17H,3-5,8-10H2,1-2H3/t13-/m0/s1. The molecule has 1 aromatic heterocycles. The van der Waals surface area contributed by atoms with Crippen molar-refractivity contribution in [2.45, 2.75) is 31.7 Å². The number of hydrogen-bond acceptors (Lipinski definition) is 4. The van der Waals surface area contributed by atoms with Crippen molar-refractivity contribution in [1.29, 1.82) is 0 Å². The van der Waals surface area contributed by atoms with E-state index in [-0.39, 0.29) is 0 Å². The molecule has 1 N–H and O–H groups in total. The van der Waals surface area contributed by atoms with Crippen molar-refractivity contribution in [3.63, 3.8) is 0 Å². The average molecular weight is 289 g/mol. The molecule has 1 fully saturated rings. The first-order valence-corrected chi connectivity index (χ1v) is 8.31. The molecule has 0 amide bonds. The van der Waals surface area contributed by atoms with Crippen molar-refractivity contribution in [3.8, 4) is 0 Å². The number of rotatable bonds is 4. The zero-order valence-electron chi connectivity index (χ0n) is 12.4. The lowest BCUT2D eigenvalue weighted by atomic mass is 9.97. The van der Waals surface area contributed by atoms with Crippen LogP contribution >= 0.6 is 11.3 Å². The van der Waals surface area contributed by atoms with E-state index in [9.17, 15) is 0 Å². The van der Waals surface area contributed by atoms with Crippen LogP contribution < -0.4 is 5.32 Å². The number of nitrogens with zero attached hydrogens (tertiary/aromatic N) is 2. The molecular formula is C16H23N3S. The van der Waals surface area contributed by atoms with Gasteiger partial charge < -0.3 is 10.2 Å². The topological polar surface area (TPSA) is 28.2 Å². The summed E-state index contributed by atoms with van der Waals surface area (Å²) in [5, 5.41) is 4.87. The van der Waals surface area contributed by atoms with E-state index < -0.39 is 0 Å². The third-order valence-corrected chi connectivity index (χ3v) is 5.04. The maximum Gasteiger partial charge on any atom is 0.0951 e. The van der Waals surface area contributed by atoms with Gasteiger partial charge in [-0.15, -0.1) is 11.3 Å². The third-order valence-electron chi connectivity index (χ3n) is 3.94. The van der Waals surface area contributed by atoms with Gasteiger partial charge in [0.05, 0.1) is 15.2 Å². The molecule has 4 heteroatoms. The zero-order chi connectivity index (χ0) is 13.9. The summed E-state index contributed by atoms with van der Waals surface area (Å²) in [7, 11) is 4.22. The number of benzene rings is 1. The quantitative estimate of drug-likeness (QED) is 0.937. The number of thiazole rings is 1. The van der Waals surface area contributed by atoms with Crippen LogP contribution in [0.15, 0.2) is 18.2 Å². The van der Waals surface area contributed by atoms with Gasteiger partial charge in [-0.25, -0.2) is 4.98 Å². The molecule has 3 nitrogen and oxygen atoms in total. The summed E-state index contributed by atoms with van der Waals surface area (Å²) in [6.07, 6.45) is 4.94. The number of likely N-dealkylation sites (N-methyl/N-ethyl adjacent to an activating group) is 1. The van der Waals surface area contributed by atoms with Gasteiger partial charge in [0.1, 0.15) is 0 Å². The Bertz CT molecular complexity index is 570. The zero-order valence-corrected chi connectivity index (χ0v) is 13.2. The predicted molar refractivity (Wildman–Crippen MR) is 86.5 cm³/mol. The van der Waals surface area contributed by atoms with Crippen LogP contribution in [0, 0.1) is 0 Å². The van der Waals surface area contributed by atoms with Crippen molar-refractivity contribution in [1.82, 2.24) is 15.2 Å². The van der Waals surface area contributed by atoms with Gasteiger partial charge in [0.15, 0.2) is 0 Å². The largest absolute Gasteiger partial charge is 0.310 e. The summed E-state index contributed by atoms with van der Waals surface area (Å²) < 4.78 is 1.32. The van der Waals surface area contributed by atoms with Crippen LogP contribution in [0.5, 0.6) is 0 Å². The highest BCUT2D eigenvalue weighted by Gasteiger charge is 2.15. The monoisotopic (exact) mass is 289 g/mol. The van der Waals surface area contributed by atoms with Crippen molar-refractivity contribution in [3.05, 3.63) is 28.8 Å². The molecule has 0 radical (unpaired) electrons. The Morgan fingerprint density at radius 2 is 2.25 bits per heavy atom. The lowest BCUT2D eigenvalue weighted by Gasteiger charge is -2.23. The summed E-state index contributed by atoms with van der Waals surface area (Å²) in [6, 6.07) is 7.34. The molecule has 0 bridgehead atoms. The average Bonchev–Trinajstić information content (AvgIpc) is 2.88. The minimum Gasteiger partial charge on any atom is -0.310 e. The fourth-order valence-electron chi connectivity index (χ4n) is 2.77. The van der Waals surface area contributed by atoms with Crippen LogP contribution in [0.2, 0.25) is 0 Å². The smallest absolute Gasteiger partial charge is 0.0951 e. The number of fused-ring (bicyclic) bond motifs is 1. The van der Waals surface area contributed by atoms with Gasteiger partial charge in [0, 0.05) is 19.0 Å². The Hall–Kier alpha value is -0.970. The highest BCUT2D eigenvalue weighted by molar-refractivity contribution is 7.18. The van der Waals surface area contributed by atoms with E-state index in [1.54, 1.807) is 0 Å². The fourth-order valence-corrected chi connectivity index (χ4v) is 3.71. The van der Waals surface area contributed by atoms with E-state index in [1.165, 1.54) is 40.1 Å². The highest BCUT2D eigenvalue weighted by atomic mass is 32.1. The molecule has 0 saturated carbocycles. The molecule has 20 heavy (non-hydrogen) atoms. The van der Waals surface area contributed by atoms with Gasteiger partial charge in [0.2, 0.25) is 0 Å². The predicted octanol–water partition coefficient (Wildman–Crippen LogP) is 3.22. The normalized spacial score (nSPS) is 19.9. The second kappa shape index (κ2) is 6.20. The van der Waals surface area contributed by atoms with E-state index in [1.807, 2.05) is 11.3 Å². The SMILES string of the molecule is CN(C)CCc1nc2cc([C@@H]3CCCCN3)ccc2s1. The number of piperidine rings is 1. The summed E-state index contributed by atoms with van der Waals surface area (Å²) in [5.74, 6) is 0. The van der Waals surface area contributed by atoms with Crippen LogP contribution in [-0.4, -0.2) is 37.1 Å². The third kappa shape index (κ3) is 3.19. The van der Waals surface area contributed by atoms with E-state index in [0.29, 0.717) is 6.04 Å². The first-order valence-electron chi connectivity index (χ1n) is 7.50. The fraction of sp³-hybridized carbons (Fsp3) is 0.562. The van der Waals surface area contributed by atoms with Crippen molar-refractivity contribution in [2.75, 3.05) is 27.2 Å². The van der Waals surface area contributed by atoms with E-state index in [4.69, 9.17) is 4.98 Å². The molecule has 108 valence electrons. The van der Waals surface area contributed by atoms with Crippen molar-refractivity contribution in [2.24, 2.45) is 0 Å². The summed E-state index contributed by atoms with van der Waals surface area (Å²) in [4.78, 5) is 7.02. The van der Waals surface area contributed by atoms with Crippen LogP contribution in [0.4, 0.5) is 0 Å². The molecule has 1 aliphatic rings. The molecule has 0 unspecified atom stereocenters. The van der Waals surface area contributed by atoms with E-state index in [2.05, 4.69) is 42.5 Å². The van der Waals surface area contributed by atoms with Gasteiger partial charge >= 0.3 is 0 Å². The Labute approximate surface area is 125 Å². The Kier molecular flexibility index (Phi) is 4.34. The summed E-state index contributed by atoms with van der Waals surface area (Å²) in [5.41, 5.74) is 2.58. The maximum atomic E-state index is 4.80. The number of aromatic nitrogens is 1. The van der Waals surface area contributed by atoms with Gasteiger partial charge in [-0.1, -0.05) is 12.5 Å². The Morgan fingerprint density at radius 3 is 3.00 bits per heavy atom. The lowest BCUT2D eigenvalue weighted by molar-refractivity contribution is 0.412. The molecule has 1 aromatic carbocycles.